The van der Waals surface area contributed by atoms with E-state index in [1.165, 1.54) is 20.0 Å². The molecule has 0 aliphatic heterocycles. The monoisotopic (exact) mass is 328 g/mol. The Balaban J connectivity index is 1.70. The highest BCUT2D eigenvalue weighted by molar-refractivity contribution is 8.00. The maximum Gasteiger partial charge on any atom is 0.325 e. The van der Waals surface area contributed by atoms with Crippen LogP contribution in [0.5, 0.6) is 0 Å². The van der Waals surface area contributed by atoms with Crippen molar-refractivity contribution in [3.63, 3.8) is 0 Å². The standard InChI is InChI=1S/C15H24N2O2S2/c1-11-10-21-14(16-11)20-9-5-4-8-15(2,13(18)19-3)17-12-6-7-12/h10,12,17H,4-9H2,1-3H3. The molecule has 118 valence electrons. The van der Waals surface area contributed by atoms with Crippen molar-refractivity contribution in [2.75, 3.05) is 12.9 Å². The second-order valence-electron chi connectivity index (χ2n) is 5.80. The average Bonchev–Trinajstić information content (AvgIpc) is 3.17. The van der Waals surface area contributed by atoms with Crippen molar-refractivity contribution in [3.8, 4) is 0 Å². The Labute approximate surface area is 135 Å². The van der Waals surface area contributed by atoms with Gasteiger partial charge in [0.05, 0.1) is 7.11 Å². The van der Waals surface area contributed by atoms with Gasteiger partial charge in [0.1, 0.15) is 9.88 Å². The molecule has 1 fully saturated rings. The first-order valence-corrected chi connectivity index (χ1v) is 9.31. The highest BCUT2D eigenvalue weighted by Crippen LogP contribution is 2.27. The van der Waals surface area contributed by atoms with Gasteiger partial charge in [-0.25, -0.2) is 4.98 Å². The van der Waals surface area contributed by atoms with E-state index in [2.05, 4.69) is 15.7 Å². The first kappa shape index (κ1) is 16.8. The maximum absolute atomic E-state index is 12.0. The van der Waals surface area contributed by atoms with Crippen LogP contribution in [0.15, 0.2) is 9.72 Å². The first-order chi connectivity index (χ1) is 10.0. The molecule has 1 saturated carbocycles. The van der Waals surface area contributed by atoms with Gasteiger partial charge in [0, 0.05) is 22.9 Å². The Morgan fingerprint density at radius 1 is 1.57 bits per heavy atom. The number of thiazole rings is 1. The number of carbonyl (C=O) groups excluding carboxylic acids is 1. The number of hydrogen-bond acceptors (Lipinski definition) is 6. The number of methoxy groups -OCH3 is 1. The largest absolute Gasteiger partial charge is 0.468 e. The molecule has 0 amide bonds. The number of nitrogens with zero attached hydrogens (tertiary/aromatic N) is 1. The molecule has 0 radical (unpaired) electrons. The second-order valence-corrected chi connectivity index (χ2v) is 8.00. The van der Waals surface area contributed by atoms with Gasteiger partial charge in [0.2, 0.25) is 0 Å². The van der Waals surface area contributed by atoms with E-state index in [0.717, 1.165) is 35.0 Å². The van der Waals surface area contributed by atoms with Crippen molar-refractivity contribution in [1.82, 2.24) is 10.3 Å². The molecule has 1 heterocycles. The van der Waals surface area contributed by atoms with Crippen LogP contribution in [0, 0.1) is 6.92 Å². The van der Waals surface area contributed by atoms with Crippen LogP contribution in [0.2, 0.25) is 0 Å². The lowest BCUT2D eigenvalue weighted by Gasteiger charge is -2.28. The van der Waals surface area contributed by atoms with Gasteiger partial charge in [-0.15, -0.1) is 11.3 Å². The Kier molecular flexibility index (Phi) is 6.08. The third-order valence-electron chi connectivity index (χ3n) is 3.63. The molecule has 1 unspecified atom stereocenters. The number of carbonyl (C=O) groups is 1. The Hall–Kier alpha value is -0.590. The van der Waals surface area contributed by atoms with Crippen molar-refractivity contribution in [2.24, 2.45) is 0 Å². The number of thioether (sulfide) groups is 1. The van der Waals surface area contributed by atoms with E-state index in [4.69, 9.17) is 4.74 Å². The fourth-order valence-electron chi connectivity index (χ4n) is 2.28. The fraction of sp³-hybridized carbons (Fsp3) is 0.733. The first-order valence-electron chi connectivity index (χ1n) is 7.44. The molecule has 1 aromatic rings. The van der Waals surface area contributed by atoms with Crippen LogP contribution in [0.3, 0.4) is 0 Å². The number of aryl methyl sites for hydroxylation is 1. The molecule has 4 nitrogen and oxygen atoms in total. The van der Waals surface area contributed by atoms with Crippen molar-refractivity contribution in [1.29, 1.82) is 0 Å². The molecule has 0 saturated heterocycles. The van der Waals surface area contributed by atoms with E-state index in [9.17, 15) is 4.79 Å². The van der Waals surface area contributed by atoms with E-state index in [1.54, 1.807) is 23.1 Å². The molecule has 1 aliphatic rings. The number of rotatable bonds is 9. The molecular weight excluding hydrogens is 304 g/mol. The van der Waals surface area contributed by atoms with E-state index in [1.807, 2.05) is 13.8 Å². The molecule has 1 aromatic heterocycles. The van der Waals surface area contributed by atoms with Crippen molar-refractivity contribution in [3.05, 3.63) is 11.1 Å². The summed E-state index contributed by atoms with van der Waals surface area (Å²) in [7, 11) is 1.47. The average molecular weight is 329 g/mol. The minimum atomic E-state index is -0.529. The van der Waals surface area contributed by atoms with Crippen LogP contribution in [-0.4, -0.2) is 35.4 Å². The third-order valence-corrected chi connectivity index (χ3v) is 5.86. The van der Waals surface area contributed by atoms with Gasteiger partial charge in [0.15, 0.2) is 0 Å². The summed E-state index contributed by atoms with van der Waals surface area (Å²) >= 11 is 3.51. The summed E-state index contributed by atoms with van der Waals surface area (Å²) in [4.78, 5) is 16.4. The summed E-state index contributed by atoms with van der Waals surface area (Å²) in [5.41, 5.74) is 0.563. The summed E-state index contributed by atoms with van der Waals surface area (Å²) in [6, 6.07) is 0.502. The predicted molar refractivity (Wildman–Crippen MR) is 88.0 cm³/mol. The summed E-state index contributed by atoms with van der Waals surface area (Å²) < 4.78 is 6.10. The molecule has 1 N–H and O–H groups in total. The van der Waals surface area contributed by atoms with E-state index in [-0.39, 0.29) is 5.97 Å². The number of esters is 1. The normalized spacial score (nSPS) is 17.5. The highest BCUT2D eigenvalue weighted by atomic mass is 32.2. The van der Waals surface area contributed by atoms with Crippen molar-refractivity contribution >= 4 is 29.1 Å². The summed E-state index contributed by atoms with van der Waals surface area (Å²) in [5, 5.41) is 5.52. The van der Waals surface area contributed by atoms with Crippen LogP contribution < -0.4 is 5.32 Å². The molecule has 21 heavy (non-hydrogen) atoms. The van der Waals surface area contributed by atoms with Gasteiger partial charge in [-0.2, -0.15) is 0 Å². The zero-order valence-electron chi connectivity index (χ0n) is 13.0. The zero-order valence-corrected chi connectivity index (χ0v) is 14.6. The smallest absolute Gasteiger partial charge is 0.325 e. The van der Waals surface area contributed by atoms with Gasteiger partial charge in [-0.05, 0) is 39.5 Å². The molecule has 1 atom stereocenters. The molecule has 6 heteroatoms. The lowest BCUT2D eigenvalue weighted by Crippen LogP contribution is -2.51. The molecule has 1 aliphatic carbocycles. The topological polar surface area (TPSA) is 51.2 Å². The van der Waals surface area contributed by atoms with Crippen molar-refractivity contribution < 1.29 is 9.53 Å². The summed E-state index contributed by atoms with van der Waals surface area (Å²) in [6.45, 7) is 3.99. The number of hydrogen-bond donors (Lipinski definition) is 1. The Bertz CT molecular complexity index is 474. The van der Waals surface area contributed by atoms with Crippen molar-refractivity contribution in [2.45, 2.75) is 61.9 Å². The number of unbranched alkanes of at least 4 members (excludes halogenated alkanes) is 1. The SMILES string of the molecule is COC(=O)C(C)(CCCCSc1nc(C)cs1)NC1CC1. The molecule has 0 aromatic carbocycles. The third kappa shape index (κ3) is 5.27. The highest BCUT2D eigenvalue weighted by Gasteiger charge is 2.38. The molecule has 0 bridgehead atoms. The maximum atomic E-state index is 12.0. The predicted octanol–water partition coefficient (Wildman–Crippen LogP) is 3.40. The molecule has 2 rings (SSSR count). The zero-order chi connectivity index (χ0) is 15.3. The van der Waals surface area contributed by atoms with E-state index < -0.39 is 5.54 Å². The number of aromatic nitrogens is 1. The fourth-order valence-corrected chi connectivity index (χ4v) is 4.19. The van der Waals surface area contributed by atoms with Gasteiger partial charge in [-0.1, -0.05) is 18.2 Å². The molecule has 0 spiro atoms. The van der Waals surface area contributed by atoms with E-state index in [0.29, 0.717) is 6.04 Å². The van der Waals surface area contributed by atoms with Crippen LogP contribution >= 0.6 is 23.1 Å². The van der Waals surface area contributed by atoms with Crippen LogP contribution in [0.25, 0.3) is 0 Å². The Morgan fingerprint density at radius 3 is 2.90 bits per heavy atom. The van der Waals surface area contributed by atoms with Crippen LogP contribution in [0.4, 0.5) is 0 Å². The van der Waals surface area contributed by atoms with E-state index >= 15 is 0 Å². The van der Waals surface area contributed by atoms with Gasteiger partial charge in [-0.3, -0.25) is 10.1 Å². The summed E-state index contributed by atoms with van der Waals surface area (Å²) in [5.74, 6) is 0.908. The number of ether oxygens (including phenoxy) is 1. The molecular formula is C15H24N2O2S2. The van der Waals surface area contributed by atoms with Crippen LogP contribution in [0.1, 0.15) is 44.7 Å². The van der Waals surface area contributed by atoms with Gasteiger partial charge >= 0.3 is 5.97 Å². The lowest BCUT2D eigenvalue weighted by molar-refractivity contribution is -0.148. The van der Waals surface area contributed by atoms with Gasteiger partial charge in [0.25, 0.3) is 0 Å². The second kappa shape index (κ2) is 7.61. The minimum Gasteiger partial charge on any atom is -0.468 e. The van der Waals surface area contributed by atoms with Gasteiger partial charge < -0.3 is 4.74 Å². The van der Waals surface area contributed by atoms with Crippen LogP contribution in [-0.2, 0) is 9.53 Å². The quantitative estimate of drug-likeness (QED) is 0.428. The minimum absolute atomic E-state index is 0.141. The lowest BCUT2D eigenvalue weighted by atomic mass is 9.95. The Morgan fingerprint density at radius 2 is 2.33 bits per heavy atom. The summed E-state index contributed by atoms with van der Waals surface area (Å²) in [6.07, 6.45) is 5.27. The number of nitrogens with one attached hydrogen (secondary N) is 1.